The summed E-state index contributed by atoms with van der Waals surface area (Å²) >= 11 is 9.53. The highest BCUT2D eigenvalue weighted by molar-refractivity contribution is 6.40. The molecule has 0 aliphatic rings. The SMILES string of the molecule is CCNC(CCCCN(C)CCCCN(C)CC(=O)CC)C(C)=O.CCNC(CCCCN(C)CCCCN(C)CC(=O)CC)C(C)=O.ClCCl. The zero-order valence-corrected chi connectivity index (χ0v) is 36.1. The minimum atomic E-state index is 0.0293. The van der Waals surface area contributed by atoms with Gasteiger partial charge in [0.2, 0.25) is 0 Å². The third-order valence-electron chi connectivity index (χ3n) is 8.79. The van der Waals surface area contributed by atoms with Crippen LogP contribution in [0.5, 0.6) is 0 Å². The van der Waals surface area contributed by atoms with Gasteiger partial charge in [0, 0.05) is 12.8 Å². The molecule has 2 atom stereocenters. The molecule has 0 fully saturated rings. The van der Waals surface area contributed by atoms with Crippen molar-refractivity contribution < 1.29 is 19.2 Å². The lowest BCUT2D eigenvalue weighted by molar-refractivity contribution is -0.120. The van der Waals surface area contributed by atoms with E-state index in [-0.39, 0.29) is 29.0 Å². The molecule has 0 saturated heterocycles. The van der Waals surface area contributed by atoms with Crippen LogP contribution < -0.4 is 10.6 Å². The van der Waals surface area contributed by atoms with Crippen molar-refractivity contribution in [2.24, 2.45) is 0 Å². The van der Waals surface area contributed by atoms with E-state index < -0.39 is 0 Å². The second-order valence-electron chi connectivity index (χ2n) is 13.8. The number of nitrogens with one attached hydrogen (secondary N) is 2. The molecule has 304 valence electrons. The predicted octanol–water partition coefficient (Wildman–Crippen LogP) is 6.11. The van der Waals surface area contributed by atoms with Gasteiger partial charge in [-0.3, -0.25) is 29.0 Å². The van der Waals surface area contributed by atoms with Gasteiger partial charge < -0.3 is 20.4 Å². The normalized spacial score (nSPS) is 12.4. The van der Waals surface area contributed by atoms with Gasteiger partial charge in [-0.05, 0) is 146 Å². The van der Waals surface area contributed by atoms with Gasteiger partial charge >= 0.3 is 0 Å². The lowest BCUT2D eigenvalue weighted by atomic mass is 10.1. The van der Waals surface area contributed by atoms with Gasteiger partial charge in [-0.1, -0.05) is 40.5 Å². The number of Topliss-reactive ketones (excluding diaryl/α,β-unsaturated/α-hetero) is 4. The summed E-state index contributed by atoms with van der Waals surface area (Å²) in [6, 6.07) is 0.0587. The number of hydrogen-bond donors (Lipinski definition) is 2. The Hall–Kier alpha value is -0.980. The van der Waals surface area contributed by atoms with Crippen molar-refractivity contribution in [1.29, 1.82) is 0 Å². The minimum Gasteiger partial charge on any atom is -0.308 e. The largest absolute Gasteiger partial charge is 0.308 e. The number of rotatable bonds is 32. The molecular formula is C39H80Cl2N6O4. The highest BCUT2D eigenvalue weighted by Gasteiger charge is 2.13. The van der Waals surface area contributed by atoms with Crippen LogP contribution in [0.4, 0.5) is 0 Å². The summed E-state index contributed by atoms with van der Waals surface area (Å²) in [6.45, 7) is 20.5. The second-order valence-corrected chi connectivity index (χ2v) is 14.6. The van der Waals surface area contributed by atoms with Crippen molar-refractivity contribution in [2.75, 3.05) is 99.0 Å². The maximum Gasteiger partial charge on any atom is 0.146 e. The summed E-state index contributed by atoms with van der Waals surface area (Å²) in [5.74, 6) is 1.12. The van der Waals surface area contributed by atoms with Gasteiger partial charge in [0.25, 0.3) is 0 Å². The van der Waals surface area contributed by atoms with Crippen LogP contribution in [0, 0.1) is 0 Å². The number of nitrogens with zero attached hydrogens (tertiary/aromatic N) is 4. The molecule has 0 spiro atoms. The first kappa shape index (κ1) is 54.4. The van der Waals surface area contributed by atoms with Crippen LogP contribution in [0.3, 0.4) is 0 Å². The topological polar surface area (TPSA) is 105 Å². The summed E-state index contributed by atoms with van der Waals surface area (Å²) in [4.78, 5) is 54.7. The molecule has 0 amide bonds. The monoisotopic (exact) mass is 767 g/mol. The molecular weight excluding hydrogens is 687 g/mol. The lowest BCUT2D eigenvalue weighted by Crippen LogP contribution is -2.35. The fourth-order valence-electron chi connectivity index (χ4n) is 5.59. The molecule has 0 aliphatic carbocycles. The first-order chi connectivity index (χ1) is 24.2. The standard InChI is InChI=1S/2C19H39N3O2.CH2Cl2/c2*1-6-18(24)16-22(5)15-11-10-14-21(4)13-9-8-12-19(17(3)23)20-7-2;2-1-3/h2*19-20H,6-16H2,1-5H3;1H2. The Balaban J connectivity index is -0.000000838. The van der Waals surface area contributed by atoms with Gasteiger partial charge in [-0.25, -0.2) is 0 Å². The molecule has 0 aromatic carbocycles. The highest BCUT2D eigenvalue weighted by atomic mass is 35.5. The number of ketones is 4. The van der Waals surface area contributed by atoms with Crippen molar-refractivity contribution in [3.8, 4) is 0 Å². The number of halogens is 2. The maximum absolute atomic E-state index is 11.5. The number of alkyl halides is 2. The fourth-order valence-corrected chi connectivity index (χ4v) is 5.59. The van der Waals surface area contributed by atoms with Gasteiger partial charge in [0.05, 0.1) is 30.5 Å². The zero-order valence-electron chi connectivity index (χ0n) is 34.6. The molecule has 2 unspecified atom stereocenters. The minimum absolute atomic E-state index is 0.0293. The maximum atomic E-state index is 11.5. The summed E-state index contributed by atoms with van der Waals surface area (Å²) in [7, 11) is 8.37. The molecule has 0 heterocycles. The Bertz CT molecular complexity index is 789. The molecule has 0 radical (unpaired) electrons. The Morgan fingerprint density at radius 3 is 0.980 bits per heavy atom. The molecule has 2 N–H and O–H groups in total. The van der Waals surface area contributed by atoms with Crippen LogP contribution in [0.15, 0.2) is 0 Å². The number of carbonyl (C=O) groups is 4. The van der Waals surface area contributed by atoms with Crippen LogP contribution in [0.2, 0.25) is 0 Å². The fraction of sp³-hybridized carbons (Fsp3) is 0.897. The van der Waals surface area contributed by atoms with Crippen molar-refractivity contribution in [2.45, 2.75) is 131 Å². The number of carbonyl (C=O) groups excluding carboxylic acids is 4. The molecule has 0 aromatic heterocycles. The highest BCUT2D eigenvalue weighted by Crippen LogP contribution is 2.06. The second kappa shape index (κ2) is 38.7. The van der Waals surface area contributed by atoms with E-state index in [1.54, 1.807) is 13.8 Å². The summed E-state index contributed by atoms with van der Waals surface area (Å²) < 4.78 is 0. The first-order valence-corrected chi connectivity index (χ1v) is 20.7. The Morgan fingerprint density at radius 2 is 0.745 bits per heavy atom. The molecule has 10 nitrogen and oxygen atoms in total. The van der Waals surface area contributed by atoms with E-state index in [4.69, 9.17) is 23.2 Å². The van der Waals surface area contributed by atoms with Crippen molar-refractivity contribution in [3.63, 3.8) is 0 Å². The van der Waals surface area contributed by atoms with Crippen molar-refractivity contribution in [1.82, 2.24) is 30.2 Å². The molecule has 0 rings (SSSR count). The molecule has 0 aromatic rings. The van der Waals surface area contributed by atoms with E-state index in [0.29, 0.717) is 37.5 Å². The third-order valence-corrected chi connectivity index (χ3v) is 8.79. The number of likely N-dealkylation sites (N-methyl/N-ethyl adjacent to an activating group) is 4. The van der Waals surface area contributed by atoms with Gasteiger partial charge in [-0.15, -0.1) is 23.2 Å². The summed E-state index contributed by atoms with van der Waals surface area (Å²) in [6.07, 6.45) is 12.2. The van der Waals surface area contributed by atoms with Crippen LogP contribution in [0.25, 0.3) is 0 Å². The lowest BCUT2D eigenvalue weighted by Gasteiger charge is -2.19. The molecule has 51 heavy (non-hydrogen) atoms. The molecule has 0 saturated carbocycles. The Labute approximate surface area is 324 Å². The van der Waals surface area contributed by atoms with E-state index in [0.717, 1.165) is 117 Å². The van der Waals surface area contributed by atoms with E-state index in [1.165, 1.54) is 0 Å². The van der Waals surface area contributed by atoms with Gasteiger partial charge in [-0.2, -0.15) is 0 Å². The number of unbranched alkanes of at least 4 members (excludes halogenated alkanes) is 4. The van der Waals surface area contributed by atoms with E-state index in [1.807, 2.05) is 41.8 Å². The summed E-state index contributed by atoms with van der Waals surface area (Å²) in [5.41, 5.74) is 0. The average molecular weight is 768 g/mol. The predicted molar refractivity (Wildman–Crippen MR) is 220 cm³/mol. The number of hydrogen-bond acceptors (Lipinski definition) is 10. The average Bonchev–Trinajstić information content (AvgIpc) is 3.08. The first-order valence-electron chi connectivity index (χ1n) is 19.6. The molecule has 12 heteroatoms. The van der Waals surface area contributed by atoms with Crippen LogP contribution in [0.1, 0.15) is 119 Å². The Kier molecular flexibility index (Phi) is 41.3. The van der Waals surface area contributed by atoms with Gasteiger partial charge in [0.15, 0.2) is 0 Å². The molecule has 0 aliphatic heterocycles. The van der Waals surface area contributed by atoms with Crippen LogP contribution >= 0.6 is 23.2 Å². The third kappa shape index (κ3) is 38.6. The van der Waals surface area contributed by atoms with Crippen LogP contribution in [-0.4, -0.2) is 154 Å². The molecule has 0 bridgehead atoms. The van der Waals surface area contributed by atoms with E-state index in [2.05, 4.69) is 44.3 Å². The van der Waals surface area contributed by atoms with Crippen molar-refractivity contribution >= 4 is 46.3 Å². The van der Waals surface area contributed by atoms with E-state index in [9.17, 15) is 19.2 Å². The zero-order chi connectivity index (χ0) is 39.5. The van der Waals surface area contributed by atoms with Gasteiger partial charge in [0.1, 0.15) is 23.1 Å². The van der Waals surface area contributed by atoms with Crippen LogP contribution in [-0.2, 0) is 19.2 Å². The van der Waals surface area contributed by atoms with Crippen molar-refractivity contribution in [3.05, 3.63) is 0 Å². The quantitative estimate of drug-likeness (QED) is 0.0616. The smallest absolute Gasteiger partial charge is 0.146 e. The Morgan fingerprint density at radius 1 is 0.490 bits per heavy atom. The van der Waals surface area contributed by atoms with E-state index >= 15 is 0 Å². The summed E-state index contributed by atoms with van der Waals surface area (Å²) in [5, 5.41) is 6.69.